The minimum atomic E-state index is -0.274. The van der Waals surface area contributed by atoms with Crippen LogP contribution in [-0.2, 0) is 30.6 Å². The van der Waals surface area contributed by atoms with Crippen molar-refractivity contribution in [1.82, 2.24) is 4.57 Å². The number of fused-ring (bicyclic) bond motifs is 1. The third kappa shape index (κ3) is 5.60. The predicted octanol–water partition coefficient (Wildman–Crippen LogP) is 5.31. The van der Waals surface area contributed by atoms with E-state index in [0.29, 0.717) is 34.7 Å². The first-order chi connectivity index (χ1) is 17.4. The lowest BCUT2D eigenvalue weighted by Gasteiger charge is -2.16. The molecule has 0 saturated carbocycles. The van der Waals surface area contributed by atoms with Crippen molar-refractivity contribution in [2.24, 2.45) is 0 Å². The number of amides is 1. The molecule has 1 heterocycles. The van der Waals surface area contributed by atoms with E-state index in [9.17, 15) is 9.59 Å². The number of nitrogens with one attached hydrogen (secondary N) is 1. The molecular weight excluding hydrogens is 452 g/mol. The normalized spacial score (nSPS) is 10.9. The highest BCUT2D eigenvalue weighted by Crippen LogP contribution is 2.32. The van der Waals surface area contributed by atoms with Gasteiger partial charge in [0.1, 0.15) is 6.54 Å². The third-order valence-electron chi connectivity index (χ3n) is 6.42. The average molecular weight is 485 g/mol. The van der Waals surface area contributed by atoms with Gasteiger partial charge in [0.25, 0.3) is 5.56 Å². The summed E-state index contributed by atoms with van der Waals surface area (Å²) in [7, 11) is 3.13. The Morgan fingerprint density at radius 1 is 0.861 bits per heavy atom. The number of carbonyl (C=O) groups excluding carboxylic acids is 1. The Kier molecular flexibility index (Phi) is 7.74. The average Bonchev–Trinajstić information content (AvgIpc) is 2.90. The number of nitrogens with zero attached hydrogens (tertiary/aromatic N) is 1. The molecule has 0 aliphatic carbocycles. The molecule has 3 aromatic carbocycles. The SMILES string of the molecule is CCc1ccc(CCc2cc3cc(OC)c(OC)cc3n(CC(=O)Nc3ccc(C)cc3)c2=O)cc1. The summed E-state index contributed by atoms with van der Waals surface area (Å²) in [6.45, 7) is 4.01. The van der Waals surface area contributed by atoms with Gasteiger partial charge in [0, 0.05) is 22.7 Å². The van der Waals surface area contributed by atoms with Gasteiger partial charge in [-0.2, -0.15) is 0 Å². The van der Waals surface area contributed by atoms with E-state index < -0.39 is 0 Å². The maximum Gasteiger partial charge on any atom is 0.254 e. The van der Waals surface area contributed by atoms with Crippen LogP contribution in [0.3, 0.4) is 0 Å². The molecule has 0 bridgehead atoms. The number of hydrogen-bond acceptors (Lipinski definition) is 4. The fourth-order valence-corrected chi connectivity index (χ4v) is 4.30. The van der Waals surface area contributed by atoms with Crippen LogP contribution >= 0.6 is 0 Å². The molecule has 186 valence electrons. The zero-order valence-electron chi connectivity index (χ0n) is 21.3. The van der Waals surface area contributed by atoms with Crippen molar-refractivity contribution in [2.45, 2.75) is 39.7 Å². The van der Waals surface area contributed by atoms with E-state index >= 15 is 0 Å². The number of methoxy groups -OCH3 is 2. The number of ether oxygens (including phenoxy) is 2. The van der Waals surface area contributed by atoms with E-state index in [-0.39, 0.29) is 18.0 Å². The van der Waals surface area contributed by atoms with E-state index in [1.807, 2.05) is 43.3 Å². The van der Waals surface area contributed by atoms with Crippen molar-refractivity contribution < 1.29 is 14.3 Å². The molecule has 0 aliphatic rings. The molecule has 4 aromatic rings. The van der Waals surface area contributed by atoms with Gasteiger partial charge >= 0.3 is 0 Å². The van der Waals surface area contributed by atoms with Crippen LogP contribution in [0.25, 0.3) is 10.9 Å². The highest BCUT2D eigenvalue weighted by Gasteiger charge is 2.16. The van der Waals surface area contributed by atoms with Gasteiger partial charge in [-0.05, 0) is 61.6 Å². The van der Waals surface area contributed by atoms with Gasteiger partial charge in [0.2, 0.25) is 5.91 Å². The Bertz CT molecular complexity index is 1420. The zero-order valence-corrected chi connectivity index (χ0v) is 21.3. The van der Waals surface area contributed by atoms with E-state index in [4.69, 9.17) is 9.47 Å². The van der Waals surface area contributed by atoms with Crippen molar-refractivity contribution in [1.29, 1.82) is 0 Å². The van der Waals surface area contributed by atoms with Crippen molar-refractivity contribution in [3.63, 3.8) is 0 Å². The molecule has 0 unspecified atom stereocenters. The summed E-state index contributed by atoms with van der Waals surface area (Å²) in [6.07, 6.45) is 2.29. The van der Waals surface area contributed by atoms with Crippen LogP contribution in [0.15, 0.2) is 71.5 Å². The number of carbonyl (C=O) groups is 1. The van der Waals surface area contributed by atoms with Crippen LogP contribution in [0.1, 0.15) is 29.2 Å². The Labute approximate surface area is 211 Å². The molecule has 36 heavy (non-hydrogen) atoms. The number of aryl methyl sites for hydroxylation is 4. The molecule has 0 fully saturated rings. The lowest BCUT2D eigenvalue weighted by molar-refractivity contribution is -0.116. The van der Waals surface area contributed by atoms with Gasteiger partial charge in [-0.15, -0.1) is 0 Å². The number of aromatic nitrogens is 1. The Morgan fingerprint density at radius 2 is 1.50 bits per heavy atom. The maximum absolute atomic E-state index is 13.6. The van der Waals surface area contributed by atoms with Crippen molar-refractivity contribution in [3.05, 3.63) is 99.3 Å². The lowest BCUT2D eigenvalue weighted by atomic mass is 10.0. The van der Waals surface area contributed by atoms with Crippen LogP contribution in [-0.4, -0.2) is 24.7 Å². The summed E-state index contributed by atoms with van der Waals surface area (Å²) >= 11 is 0. The number of rotatable bonds is 9. The molecule has 6 heteroatoms. The van der Waals surface area contributed by atoms with Crippen molar-refractivity contribution in [3.8, 4) is 11.5 Å². The highest BCUT2D eigenvalue weighted by atomic mass is 16.5. The van der Waals surface area contributed by atoms with E-state index in [1.165, 1.54) is 15.7 Å². The summed E-state index contributed by atoms with van der Waals surface area (Å²) < 4.78 is 12.5. The molecule has 4 rings (SSSR count). The second-order valence-electron chi connectivity index (χ2n) is 8.91. The number of anilines is 1. The van der Waals surface area contributed by atoms with Crippen LogP contribution in [0.4, 0.5) is 5.69 Å². The van der Waals surface area contributed by atoms with Crippen molar-refractivity contribution >= 4 is 22.5 Å². The quantitative estimate of drug-likeness (QED) is 0.349. The summed E-state index contributed by atoms with van der Waals surface area (Å²) in [5.74, 6) is 0.797. The standard InChI is InChI=1S/C30H32N2O4/c1-5-21-8-10-22(11-9-21)12-13-23-16-24-17-27(35-3)28(36-4)18-26(24)32(30(23)34)19-29(33)31-25-14-6-20(2)7-15-25/h6-11,14-18H,5,12-13,19H2,1-4H3,(H,31,33). The van der Waals surface area contributed by atoms with Crippen LogP contribution in [0.5, 0.6) is 11.5 Å². The summed E-state index contributed by atoms with van der Waals surface area (Å²) in [5.41, 5.74) is 5.33. The van der Waals surface area contributed by atoms with Gasteiger partial charge in [-0.3, -0.25) is 14.2 Å². The molecule has 0 aliphatic heterocycles. The second-order valence-corrected chi connectivity index (χ2v) is 8.91. The molecular formula is C30H32N2O4. The molecule has 0 saturated heterocycles. The highest BCUT2D eigenvalue weighted by molar-refractivity contribution is 5.92. The molecule has 6 nitrogen and oxygen atoms in total. The topological polar surface area (TPSA) is 69.6 Å². The largest absolute Gasteiger partial charge is 0.493 e. The first-order valence-electron chi connectivity index (χ1n) is 12.1. The Hall–Kier alpha value is -4.06. The van der Waals surface area contributed by atoms with Crippen LogP contribution in [0.2, 0.25) is 0 Å². The number of hydrogen-bond donors (Lipinski definition) is 1. The monoisotopic (exact) mass is 484 g/mol. The van der Waals surface area contributed by atoms with E-state index in [1.54, 1.807) is 20.3 Å². The first-order valence-corrected chi connectivity index (χ1v) is 12.1. The first kappa shape index (κ1) is 25.0. The lowest BCUT2D eigenvalue weighted by Crippen LogP contribution is -2.30. The molecule has 0 atom stereocenters. The second kappa shape index (κ2) is 11.1. The molecule has 1 N–H and O–H groups in total. The van der Waals surface area contributed by atoms with Gasteiger partial charge in [-0.1, -0.05) is 48.9 Å². The summed E-state index contributed by atoms with van der Waals surface area (Å²) in [5, 5.41) is 3.71. The molecule has 0 spiro atoms. The number of pyridine rings is 1. The van der Waals surface area contributed by atoms with Gasteiger partial charge in [0.05, 0.1) is 19.7 Å². The van der Waals surface area contributed by atoms with Crippen LogP contribution < -0.4 is 20.3 Å². The van der Waals surface area contributed by atoms with Gasteiger partial charge in [0.15, 0.2) is 11.5 Å². The van der Waals surface area contributed by atoms with Gasteiger partial charge < -0.3 is 14.8 Å². The Balaban J connectivity index is 1.70. The third-order valence-corrected chi connectivity index (χ3v) is 6.42. The molecule has 1 amide bonds. The predicted molar refractivity (Wildman–Crippen MR) is 144 cm³/mol. The van der Waals surface area contributed by atoms with Crippen molar-refractivity contribution in [2.75, 3.05) is 19.5 Å². The molecule has 0 radical (unpaired) electrons. The van der Waals surface area contributed by atoms with E-state index in [2.05, 4.69) is 36.5 Å². The van der Waals surface area contributed by atoms with Crippen LogP contribution in [0, 0.1) is 6.92 Å². The maximum atomic E-state index is 13.6. The summed E-state index contributed by atoms with van der Waals surface area (Å²) in [4.78, 5) is 26.6. The fraction of sp³-hybridized carbons (Fsp3) is 0.267. The number of benzene rings is 3. The van der Waals surface area contributed by atoms with E-state index in [0.717, 1.165) is 23.8 Å². The minimum Gasteiger partial charge on any atom is -0.493 e. The minimum absolute atomic E-state index is 0.113. The van der Waals surface area contributed by atoms with Gasteiger partial charge in [-0.25, -0.2) is 0 Å². The smallest absolute Gasteiger partial charge is 0.254 e. The molecule has 1 aromatic heterocycles. The summed E-state index contributed by atoms with van der Waals surface area (Å²) in [6, 6.07) is 21.5. The zero-order chi connectivity index (χ0) is 25.7. The fourth-order valence-electron chi connectivity index (χ4n) is 4.30. The Morgan fingerprint density at radius 3 is 2.14 bits per heavy atom.